The Bertz CT molecular complexity index is 928. The molecule has 24 heavy (non-hydrogen) atoms. The smallest absolute Gasteiger partial charge is 0.250 e. The van der Waals surface area contributed by atoms with E-state index < -0.39 is 10.0 Å². The van der Waals surface area contributed by atoms with Crippen molar-refractivity contribution in [3.63, 3.8) is 0 Å². The first-order valence-corrected chi connectivity index (χ1v) is 9.70. The summed E-state index contributed by atoms with van der Waals surface area (Å²) in [5.74, 6) is 0.900. The number of hydrogen-bond donors (Lipinski definition) is 1. The lowest BCUT2D eigenvalue weighted by Gasteiger charge is -2.02. The fourth-order valence-corrected chi connectivity index (χ4v) is 4.46. The summed E-state index contributed by atoms with van der Waals surface area (Å²) >= 11 is 1.24. The molecule has 0 spiro atoms. The molecule has 0 aliphatic carbocycles. The van der Waals surface area contributed by atoms with Crippen molar-refractivity contribution >= 4 is 21.4 Å². The number of aryl methyl sites for hydroxylation is 2. The summed E-state index contributed by atoms with van der Waals surface area (Å²) in [6, 6.07) is 11.2. The van der Waals surface area contributed by atoms with Crippen molar-refractivity contribution < 1.29 is 12.9 Å². The minimum atomic E-state index is -3.48. The molecular weight excluding hydrogens is 346 g/mol. The summed E-state index contributed by atoms with van der Waals surface area (Å²) < 4.78 is 32.3. The van der Waals surface area contributed by atoms with Gasteiger partial charge in [0.2, 0.25) is 21.7 Å². The first-order valence-electron chi connectivity index (χ1n) is 7.40. The molecule has 2 aromatic heterocycles. The summed E-state index contributed by atoms with van der Waals surface area (Å²) in [5.41, 5.74) is 2.02. The van der Waals surface area contributed by atoms with Crippen molar-refractivity contribution in [3.05, 3.63) is 52.7 Å². The highest BCUT2D eigenvalue weighted by Gasteiger charge is 2.16. The molecule has 3 aromatic rings. The molecule has 1 aromatic carbocycles. The largest absolute Gasteiger partial charge is 0.339 e. The Balaban J connectivity index is 1.61. The molecule has 0 unspecified atom stereocenters. The van der Waals surface area contributed by atoms with Gasteiger partial charge in [0.25, 0.3) is 0 Å². The quantitative estimate of drug-likeness (QED) is 0.728. The van der Waals surface area contributed by atoms with Crippen LogP contribution in [0.5, 0.6) is 0 Å². The summed E-state index contributed by atoms with van der Waals surface area (Å²) in [4.78, 5) is 5.25. The van der Waals surface area contributed by atoms with Crippen LogP contribution in [-0.4, -0.2) is 25.1 Å². The van der Waals surface area contributed by atoms with Crippen LogP contribution >= 0.6 is 11.3 Å². The molecule has 0 atom stereocenters. The molecule has 3 rings (SSSR count). The van der Waals surface area contributed by atoms with Crippen LogP contribution in [0.25, 0.3) is 11.4 Å². The molecular formula is C16H17N3O3S2. The summed E-state index contributed by atoms with van der Waals surface area (Å²) in [7, 11) is -3.48. The third-order valence-electron chi connectivity index (χ3n) is 3.39. The van der Waals surface area contributed by atoms with Gasteiger partial charge in [0.1, 0.15) is 4.21 Å². The molecule has 0 saturated heterocycles. The van der Waals surface area contributed by atoms with Crippen LogP contribution in [-0.2, 0) is 16.4 Å². The molecule has 0 radical (unpaired) electrons. The van der Waals surface area contributed by atoms with Crippen LogP contribution < -0.4 is 4.72 Å². The highest BCUT2D eigenvalue weighted by atomic mass is 32.2. The molecule has 6 nitrogen and oxygen atoms in total. The summed E-state index contributed by atoms with van der Waals surface area (Å²) in [6.07, 6.45) is 0.336. The van der Waals surface area contributed by atoms with E-state index in [-0.39, 0.29) is 6.54 Å². The zero-order valence-corrected chi connectivity index (χ0v) is 14.9. The van der Waals surface area contributed by atoms with Crippen molar-refractivity contribution in [2.45, 2.75) is 24.5 Å². The number of nitrogens with zero attached hydrogens (tertiary/aromatic N) is 2. The fraction of sp³-hybridized carbons (Fsp3) is 0.250. The minimum Gasteiger partial charge on any atom is -0.339 e. The van der Waals surface area contributed by atoms with Gasteiger partial charge in [0, 0.05) is 23.4 Å². The normalized spacial score (nSPS) is 11.8. The highest BCUT2D eigenvalue weighted by molar-refractivity contribution is 7.91. The van der Waals surface area contributed by atoms with Crippen LogP contribution in [0.1, 0.15) is 16.3 Å². The van der Waals surface area contributed by atoms with Crippen molar-refractivity contribution in [1.82, 2.24) is 14.9 Å². The van der Waals surface area contributed by atoms with E-state index in [4.69, 9.17) is 4.52 Å². The maximum Gasteiger partial charge on any atom is 0.250 e. The molecule has 0 aliphatic heterocycles. The van der Waals surface area contributed by atoms with Gasteiger partial charge in [-0.3, -0.25) is 0 Å². The summed E-state index contributed by atoms with van der Waals surface area (Å²) in [6.45, 7) is 4.08. The molecule has 0 aliphatic rings. The molecule has 0 amide bonds. The predicted molar refractivity (Wildman–Crippen MR) is 92.4 cm³/mol. The van der Waals surface area contributed by atoms with E-state index in [2.05, 4.69) is 14.9 Å². The SMILES string of the molecule is Cc1ccc(-c2noc(CCNS(=O)(=O)c3ccc(C)s3)n2)cc1. The third-order valence-corrected chi connectivity index (χ3v) is 6.34. The van der Waals surface area contributed by atoms with Crippen LogP contribution in [0.2, 0.25) is 0 Å². The van der Waals surface area contributed by atoms with Crippen molar-refractivity contribution in [2.24, 2.45) is 0 Å². The van der Waals surface area contributed by atoms with Gasteiger partial charge >= 0.3 is 0 Å². The van der Waals surface area contributed by atoms with Crippen LogP contribution in [0.4, 0.5) is 0 Å². The predicted octanol–water partition coefficient (Wildman–Crippen LogP) is 2.94. The maximum absolute atomic E-state index is 12.1. The second-order valence-corrected chi connectivity index (χ2v) is 8.67. The lowest BCUT2D eigenvalue weighted by atomic mass is 10.1. The maximum atomic E-state index is 12.1. The number of thiophene rings is 1. The second kappa shape index (κ2) is 6.84. The van der Waals surface area contributed by atoms with Gasteiger partial charge in [0.15, 0.2) is 0 Å². The highest BCUT2D eigenvalue weighted by Crippen LogP contribution is 2.20. The Morgan fingerprint density at radius 1 is 1.12 bits per heavy atom. The number of sulfonamides is 1. The van der Waals surface area contributed by atoms with Gasteiger partial charge in [-0.25, -0.2) is 13.1 Å². The molecule has 2 heterocycles. The molecule has 8 heteroatoms. The monoisotopic (exact) mass is 363 g/mol. The molecule has 0 fully saturated rings. The number of rotatable bonds is 6. The van der Waals surface area contributed by atoms with Crippen molar-refractivity contribution in [3.8, 4) is 11.4 Å². The topological polar surface area (TPSA) is 85.1 Å². The van der Waals surface area contributed by atoms with Crippen LogP contribution in [0, 0.1) is 13.8 Å². The first kappa shape index (κ1) is 16.8. The number of nitrogens with one attached hydrogen (secondary N) is 1. The Morgan fingerprint density at radius 2 is 1.88 bits per heavy atom. The number of benzene rings is 1. The van der Waals surface area contributed by atoms with Crippen molar-refractivity contribution in [1.29, 1.82) is 0 Å². The summed E-state index contributed by atoms with van der Waals surface area (Å²) in [5, 5.41) is 3.93. The molecule has 1 N–H and O–H groups in total. The second-order valence-electron chi connectivity index (χ2n) is 5.39. The Kier molecular flexibility index (Phi) is 4.79. The number of aromatic nitrogens is 2. The first-order chi connectivity index (χ1) is 11.4. The Hall–Kier alpha value is -2.03. The molecule has 126 valence electrons. The minimum absolute atomic E-state index is 0.203. The lowest BCUT2D eigenvalue weighted by molar-refractivity contribution is 0.379. The molecule has 0 saturated carbocycles. The third kappa shape index (κ3) is 3.89. The van der Waals surface area contributed by atoms with Gasteiger partial charge < -0.3 is 4.52 Å². The number of hydrogen-bond acceptors (Lipinski definition) is 6. The van der Waals surface area contributed by atoms with Crippen molar-refractivity contribution in [2.75, 3.05) is 6.54 Å². The van der Waals surface area contributed by atoms with Gasteiger partial charge in [0.05, 0.1) is 0 Å². The van der Waals surface area contributed by atoms with Crippen LogP contribution in [0.3, 0.4) is 0 Å². The van der Waals surface area contributed by atoms with E-state index in [1.54, 1.807) is 12.1 Å². The van der Waals surface area contributed by atoms with Crippen LogP contribution in [0.15, 0.2) is 45.1 Å². The Morgan fingerprint density at radius 3 is 2.54 bits per heavy atom. The van der Waals surface area contributed by atoms with E-state index in [0.717, 1.165) is 16.0 Å². The van der Waals surface area contributed by atoms with E-state index in [9.17, 15) is 8.42 Å². The van der Waals surface area contributed by atoms with Gasteiger partial charge in [-0.05, 0) is 26.0 Å². The Labute approximate surface area is 144 Å². The van der Waals surface area contributed by atoms with Gasteiger partial charge in [-0.2, -0.15) is 4.98 Å². The van der Waals surface area contributed by atoms with E-state index in [1.165, 1.54) is 11.3 Å². The zero-order chi connectivity index (χ0) is 17.2. The van der Waals surface area contributed by atoms with E-state index >= 15 is 0 Å². The lowest BCUT2D eigenvalue weighted by Crippen LogP contribution is -2.25. The fourth-order valence-electron chi connectivity index (χ4n) is 2.10. The standard InChI is InChI=1S/C16H17N3O3S2/c1-11-3-6-13(7-4-11)16-18-14(22-19-16)9-10-17-24(20,21)15-8-5-12(2)23-15/h3-8,17H,9-10H2,1-2H3. The van der Waals surface area contributed by atoms with E-state index in [0.29, 0.717) is 22.3 Å². The average molecular weight is 363 g/mol. The van der Waals surface area contributed by atoms with Gasteiger partial charge in [-0.1, -0.05) is 35.0 Å². The van der Waals surface area contributed by atoms with E-state index in [1.807, 2.05) is 38.1 Å². The molecule has 0 bridgehead atoms. The van der Waals surface area contributed by atoms with Gasteiger partial charge in [-0.15, -0.1) is 11.3 Å². The zero-order valence-electron chi connectivity index (χ0n) is 13.3. The average Bonchev–Trinajstić information content (AvgIpc) is 3.17.